The van der Waals surface area contributed by atoms with Crippen LogP contribution < -0.4 is 11.5 Å². The van der Waals surface area contributed by atoms with Crippen LogP contribution in [0.2, 0.25) is 0 Å². The van der Waals surface area contributed by atoms with Gasteiger partial charge >= 0.3 is 11.9 Å². The molecule has 0 heterocycles. The fraction of sp³-hybridized carbons (Fsp3) is 0.800. The Labute approximate surface area is 123 Å². The molecule has 0 amide bonds. The van der Waals surface area contributed by atoms with Gasteiger partial charge in [-0.25, -0.2) is 0 Å². The monoisotopic (exact) mass is 388 g/mol. The lowest BCUT2D eigenvalue weighted by Crippen LogP contribution is -2.44. The number of nitrogens with two attached hydrogens (primary N) is 2. The topological polar surface area (TPSA) is 116 Å². The van der Waals surface area contributed by atoms with Crippen LogP contribution in [-0.4, -0.2) is 39.5 Å². The number of ether oxygens (including phenoxy) is 1. The zero-order valence-corrected chi connectivity index (χ0v) is 13.2. The summed E-state index contributed by atoms with van der Waals surface area (Å²) in [5.74, 6) is -2.72. The summed E-state index contributed by atoms with van der Waals surface area (Å²) in [6.45, 7) is 2.05. The predicted octanol–water partition coefficient (Wildman–Crippen LogP) is 0.801. The van der Waals surface area contributed by atoms with Gasteiger partial charge in [0.15, 0.2) is 0 Å². The molecule has 0 saturated heterocycles. The van der Waals surface area contributed by atoms with Gasteiger partial charge in [-0.3, -0.25) is 9.59 Å². The van der Waals surface area contributed by atoms with E-state index in [2.05, 4.69) is 31.9 Å². The number of carboxylic acids is 1. The predicted molar refractivity (Wildman–Crippen MR) is 74.6 cm³/mol. The molecule has 0 radical (unpaired) electrons. The highest BCUT2D eigenvalue weighted by Gasteiger charge is 2.33. The number of carboxylic acid groups (broad SMARTS) is 1. The largest absolute Gasteiger partial charge is 0.480 e. The van der Waals surface area contributed by atoms with Gasteiger partial charge in [0.2, 0.25) is 0 Å². The Morgan fingerprint density at radius 2 is 1.94 bits per heavy atom. The normalized spacial score (nSPS) is 16.1. The standard InChI is InChI=1S/C10H18Br2N2O4/c1-5(8(11)12)18-10(17)6(3-2-4-13)7(14)9(15)16/h5-8H,2-4,13-14H2,1H3,(H,15,16)/t5?,6?,7-/m0/s1. The highest BCUT2D eigenvalue weighted by molar-refractivity contribution is 9.24. The fourth-order valence-corrected chi connectivity index (χ4v) is 1.49. The maximum atomic E-state index is 11.9. The lowest BCUT2D eigenvalue weighted by molar-refractivity contribution is -0.157. The van der Waals surface area contributed by atoms with Gasteiger partial charge < -0.3 is 21.3 Å². The smallest absolute Gasteiger partial charge is 0.321 e. The molecule has 0 bridgehead atoms. The van der Waals surface area contributed by atoms with E-state index in [0.717, 1.165) is 0 Å². The first kappa shape index (κ1) is 17.8. The first-order chi connectivity index (χ1) is 8.31. The number of rotatable bonds is 8. The molecular formula is C10H18Br2N2O4. The van der Waals surface area contributed by atoms with Crippen molar-refractivity contribution >= 4 is 43.8 Å². The van der Waals surface area contributed by atoms with E-state index in [9.17, 15) is 9.59 Å². The second-order valence-electron chi connectivity index (χ2n) is 3.88. The first-order valence-electron chi connectivity index (χ1n) is 5.48. The molecule has 0 saturated carbocycles. The number of esters is 1. The molecule has 6 nitrogen and oxygen atoms in total. The van der Waals surface area contributed by atoms with E-state index in [0.29, 0.717) is 19.4 Å². The van der Waals surface area contributed by atoms with Crippen LogP contribution in [0.4, 0.5) is 0 Å². The third-order valence-electron chi connectivity index (χ3n) is 2.40. The Balaban J connectivity index is 4.63. The van der Waals surface area contributed by atoms with Crippen LogP contribution in [0.25, 0.3) is 0 Å². The van der Waals surface area contributed by atoms with E-state index in [-0.39, 0.29) is 3.74 Å². The maximum Gasteiger partial charge on any atom is 0.321 e. The van der Waals surface area contributed by atoms with Gasteiger partial charge in [-0.15, -0.1) is 0 Å². The minimum Gasteiger partial charge on any atom is -0.480 e. The maximum absolute atomic E-state index is 11.9. The molecule has 8 heteroatoms. The SMILES string of the molecule is CC(OC(=O)C(CCCN)[C@H](N)C(=O)O)C(Br)Br. The Bertz CT molecular complexity index is 289. The molecule has 0 rings (SSSR count). The van der Waals surface area contributed by atoms with Crippen LogP contribution in [-0.2, 0) is 14.3 Å². The minimum atomic E-state index is -1.28. The van der Waals surface area contributed by atoms with Crippen molar-refractivity contribution in [1.82, 2.24) is 0 Å². The molecule has 0 aliphatic heterocycles. The fourth-order valence-electron chi connectivity index (χ4n) is 1.28. The number of hydrogen-bond acceptors (Lipinski definition) is 5. The van der Waals surface area contributed by atoms with Crippen LogP contribution in [0.1, 0.15) is 19.8 Å². The molecule has 0 spiro atoms. The second-order valence-corrected chi connectivity index (χ2v) is 7.08. The lowest BCUT2D eigenvalue weighted by atomic mass is 9.95. The van der Waals surface area contributed by atoms with Gasteiger partial charge in [0.05, 0.1) is 5.92 Å². The second kappa shape index (κ2) is 8.84. The van der Waals surface area contributed by atoms with Crippen molar-refractivity contribution in [3.05, 3.63) is 0 Å². The Kier molecular flexibility index (Phi) is 8.75. The van der Waals surface area contributed by atoms with Crippen LogP contribution in [0, 0.1) is 5.92 Å². The zero-order valence-electron chi connectivity index (χ0n) is 10.0. The van der Waals surface area contributed by atoms with Crippen molar-refractivity contribution in [2.24, 2.45) is 17.4 Å². The quantitative estimate of drug-likeness (QED) is 0.417. The van der Waals surface area contributed by atoms with E-state index in [1.807, 2.05) is 0 Å². The summed E-state index contributed by atoms with van der Waals surface area (Å²) in [7, 11) is 0. The molecule has 0 aromatic heterocycles. The van der Waals surface area contributed by atoms with Crippen molar-refractivity contribution in [2.45, 2.75) is 35.6 Å². The third kappa shape index (κ3) is 6.12. The summed E-state index contributed by atoms with van der Waals surface area (Å²) in [5.41, 5.74) is 10.8. The van der Waals surface area contributed by atoms with Gasteiger partial charge in [-0.05, 0) is 26.3 Å². The number of aliphatic carboxylic acids is 1. The molecule has 0 aliphatic carbocycles. The van der Waals surface area contributed by atoms with E-state index < -0.39 is 30.0 Å². The van der Waals surface area contributed by atoms with Crippen molar-refractivity contribution < 1.29 is 19.4 Å². The first-order valence-corrected chi connectivity index (χ1v) is 7.31. The Hall–Kier alpha value is -0.180. The Morgan fingerprint density at radius 3 is 2.33 bits per heavy atom. The van der Waals surface area contributed by atoms with E-state index >= 15 is 0 Å². The number of hydrogen-bond donors (Lipinski definition) is 3. The number of carbonyl (C=O) groups excluding carboxylic acids is 1. The molecule has 5 N–H and O–H groups in total. The van der Waals surface area contributed by atoms with Crippen LogP contribution in [0.15, 0.2) is 0 Å². The highest BCUT2D eigenvalue weighted by atomic mass is 79.9. The molecule has 18 heavy (non-hydrogen) atoms. The molecule has 2 unspecified atom stereocenters. The average Bonchev–Trinajstić information content (AvgIpc) is 2.28. The van der Waals surface area contributed by atoms with Crippen molar-refractivity contribution in [1.29, 1.82) is 0 Å². The van der Waals surface area contributed by atoms with Crippen LogP contribution in [0.3, 0.4) is 0 Å². The highest BCUT2D eigenvalue weighted by Crippen LogP contribution is 2.19. The van der Waals surface area contributed by atoms with Gasteiger partial charge in [0, 0.05) is 0 Å². The molecular weight excluding hydrogens is 372 g/mol. The van der Waals surface area contributed by atoms with Crippen LogP contribution >= 0.6 is 31.9 Å². The molecule has 0 aromatic carbocycles. The van der Waals surface area contributed by atoms with Crippen LogP contribution in [0.5, 0.6) is 0 Å². The third-order valence-corrected chi connectivity index (χ3v) is 3.89. The summed E-state index contributed by atoms with van der Waals surface area (Å²) >= 11 is 6.42. The van der Waals surface area contributed by atoms with Gasteiger partial charge in [0.25, 0.3) is 0 Å². The molecule has 0 aliphatic rings. The summed E-state index contributed by atoms with van der Waals surface area (Å²) < 4.78 is 4.92. The van der Waals surface area contributed by atoms with Crippen molar-refractivity contribution in [3.63, 3.8) is 0 Å². The molecule has 0 fully saturated rings. The molecule has 3 atom stereocenters. The van der Waals surface area contributed by atoms with Crippen molar-refractivity contribution in [3.8, 4) is 0 Å². The minimum absolute atomic E-state index is 0.204. The summed E-state index contributed by atoms with van der Waals surface area (Å²) in [4.78, 5) is 22.7. The van der Waals surface area contributed by atoms with E-state index in [1.54, 1.807) is 6.92 Å². The Morgan fingerprint density at radius 1 is 1.39 bits per heavy atom. The van der Waals surface area contributed by atoms with Crippen molar-refractivity contribution in [2.75, 3.05) is 6.54 Å². The summed E-state index contributed by atoms with van der Waals surface area (Å²) in [6, 6.07) is -1.28. The van der Waals surface area contributed by atoms with E-state index in [1.165, 1.54) is 0 Å². The van der Waals surface area contributed by atoms with Gasteiger partial charge in [-0.1, -0.05) is 31.9 Å². The average molecular weight is 390 g/mol. The summed E-state index contributed by atoms with van der Waals surface area (Å²) in [6.07, 6.45) is 0.380. The molecule has 106 valence electrons. The molecule has 0 aromatic rings. The van der Waals surface area contributed by atoms with E-state index in [4.69, 9.17) is 21.3 Å². The van der Waals surface area contributed by atoms with Gasteiger partial charge in [-0.2, -0.15) is 0 Å². The number of halogens is 2. The van der Waals surface area contributed by atoms with Gasteiger partial charge in [0.1, 0.15) is 15.9 Å². The number of alkyl halides is 2. The zero-order chi connectivity index (χ0) is 14.3. The summed E-state index contributed by atoms with van der Waals surface area (Å²) in [5, 5.41) is 8.86. The number of carbonyl (C=O) groups is 2. The lowest BCUT2D eigenvalue weighted by Gasteiger charge is -2.22.